The van der Waals surface area contributed by atoms with Crippen molar-refractivity contribution in [3.8, 4) is 0 Å². The number of carbonyl (C=O) groups is 2. The highest BCUT2D eigenvalue weighted by atomic mass is 16.4. The van der Waals surface area contributed by atoms with Gasteiger partial charge in [-0.1, -0.05) is 12.1 Å². The number of urea groups is 1. The first kappa shape index (κ1) is 15.2. The first-order valence-electron chi connectivity index (χ1n) is 7.02. The van der Waals surface area contributed by atoms with Crippen LogP contribution in [0, 0.1) is 0 Å². The van der Waals surface area contributed by atoms with E-state index in [2.05, 4.69) is 4.90 Å². The topological polar surface area (TPSA) is 64.1 Å². The number of likely N-dealkylation sites (N-methyl/N-ethyl adjacent to an activating group) is 1. The van der Waals surface area contributed by atoms with Gasteiger partial charge < -0.3 is 14.9 Å². The molecule has 0 bridgehead atoms. The minimum atomic E-state index is -1.00. The number of anilines is 2. The van der Waals surface area contributed by atoms with Gasteiger partial charge in [-0.15, -0.1) is 0 Å². The van der Waals surface area contributed by atoms with Gasteiger partial charge in [-0.3, -0.25) is 9.69 Å². The molecule has 2 rings (SSSR count). The second kappa shape index (κ2) is 6.03. The Labute approximate surface area is 124 Å². The summed E-state index contributed by atoms with van der Waals surface area (Å²) >= 11 is 0. The first-order chi connectivity index (χ1) is 9.91. The van der Waals surface area contributed by atoms with Crippen LogP contribution < -0.4 is 9.80 Å². The predicted molar refractivity (Wildman–Crippen MR) is 81.9 cm³/mol. The number of para-hydroxylation sites is 2. The highest BCUT2D eigenvalue weighted by Crippen LogP contribution is 2.32. The Bertz CT molecular complexity index is 545. The van der Waals surface area contributed by atoms with Crippen LogP contribution in [0.15, 0.2) is 24.3 Å². The van der Waals surface area contributed by atoms with Gasteiger partial charge in [-0.2, -0.15) is 0 Å². The molecule has 2 amide bonds. The molecule has 0 aromatic heterocycles. The maximum Gasteiger partial charge on any atom is 0.325 e. The summed E-state index contributed by atoms with van der Waals surface area (Å²) < 4.78 is 0. The Kier molecular flexibility index (Phi) is 4.35. The molecule has 0 atom stereocenters. The summed E-state index contributed by atoms with van der Waals surface area (Å²) in [7, 11) is 1.98. The molecule has 0 saturated carbocycles. The SMILES string of the molecule is CC(C)N(CC(=O)O)C(=O)N1CCN(C)c2ccccc21. The zero-order chi connectivity index (χ0) is 15.6. The Morgan fingerprint density at radius 3 is 2.43 bits per heavy atom. The molecule has 0 aliphatic carbocycles. The molecule has 6 heteroatoms. The number of amides is 2. The van der Waals surface area contributed by atoms with E-state index in [1.54, 1.807) is 4.90 Å². The molecule has 0 fully saturated rings. The molecular formula is C15H21N3O3. The quantitative estimate of drug-likeness (QED) is 0.923. The molecule has 0 unspecified atom stereocenters. The smallest absolute Gasteiger partial charge is 0.325 e. The number of carbonyl (C=O) groups excluding carboxylic acids is 1. The summed E-state index contributed by atoms with van der Waals surface area (Å²) in [5.41, 5.74) is 1.81. The van der Waals surface area contributed by atoms with Gasteiger partial charge in [0.1, 0.15) is 6.54 Å². The standard InChI is InChI=1S/C15H21N3O3/c1-11(2)18(10-14(19)20)15(21)17-9-8-16(3)12-6-4-5-7-13(12)17/h4-7,11H,8-10H2,1-3H3,(H,19,20). The fourth-order valence-electron chi connectivity index (χ4n) is 2.48. The number of hydrogen-bond acceptors (Lipinski definition) is 3. The van der Waals surface area contributed by atoms with Gasteiger partial charge in [-0.05, 0) is 26.0 Å². The van der Waals surface area contributed by atoms with Crippen LogP contribution in [0.1, 0.15) is 13.8 Å². The molecule has 6 nitrogen and oxygen atoms in total. The molecule has 1 aliphatic heterocycles. The van der Waals surface area contributed by atoms with Crippen LogP contribution in [-0.2, 0) is 4.79 Å². The normalized spacial score (nSPS) is 14.1. The van der Waals surface area contributed by atoms with E-state index in [0.717, 1.165) is 17.9 Å². The molecule has 21 heavy (non-hydrogen) atoms. The second-order valence-corrected chi connectivity index (χ2v) is 5.46. The van der Waals surface area contributed by atoms with Crippen LogP contribution >= 0.6 is 0 Å². The third kappa shape index (κ3) is 3.09. The number of rotatable bonds is 3. The van der Waals surface area contributed by atoms with Crippen LogP contribution in [0.2, 0.25) is 0 Å². The van der Waals surface area contributed by atoms with Crippen molar-refractivity contribution < 1.29 is 14.7 Å². The van der Waals surface area contributed by atoms with Gasteiger partial charge in [0, 0.05) is 26.2 Å². The van der Waals surface area contributed by atoms with Crippen molar-refractivity contribution in [2.45, 2.75) is 19.9 Å². The zero-order valence-corrected chi connectivity index (χ0v) is 12.6. The maximum atomic E-state index is 12.7. The largest absolute Gasteiger partial charge is 0.480 e. The Morgan fingerprint density at radius 1 is 1.24 bits per heavy atom. The highest BCUT2D eigenvalue weighted by Gasteiger charge is 2.30. The Balaban J connectivity index is 2.31. The molecule has 0 spiro atoms. The number of aliphatic carboxylic acids is 1. The molecule has 1 heterocycles. The average Bonchev–Trinajstić information content (AvgIpc) is 2.44. The van der Waals surface area contributed by atoms with Crippen molar-refractivity contribution in [1.82, 2.24) is 4.90 Å². The van der Waals surface area contributed by atoms with Gasteiger partial charge >= 0.3 is 12.0 Å². The van der Waals surface area contributed by atoms with Crippen molar-refractivity contribution in [3.63, 3.8) is 0 Å². The zero-order valence-electron chi connectivity index (χ0n) is 12.6. The van der Waals surface area contributed by atoms with Gasteiger partial charge in [0.2, 0.25) is 0 Å². The van der Waals surface area contributed by atoms with Crippen molar-refractivity contribution in [2.24, 2.45) is 0 Å². The fraction of sp³-hybridized carbons (Fsp3) is 0.467. The average molecular weight is 291 g/mol. The van der Waals surface area contributed by atoms with E-state index < -0.39 is 5.97 Å². The van der Waals surface area contributed by atoms with E-state index >= 15 is 0 Å². The van der Waals surface area contributed by atoms with Crippen molar-refractivity contribution >= 4 is 23.4 Å². The lowest BCUT2D eigenvalue weighted by atomic mass is 10.2. The lowest BCUT2D eigenvalue weighted by Gasteiger charge is -2.39. The summed E-state index contributed by atoms with van der Waals surface area (Å²) in [5, 5.41) is 9.00. The minimum Gasteiger partial charge on any atom is -0.480 e. The molecule has 1 N–H and O–H groups in total. The molecule has 114 valence electrons. The highest BCUT2D eigenvalue weighted by molar-refractivity contribution is 5.98. The molecule has 1 aromatic carbocycles. The number of hydrogen-bond donors (Lipinski definition) is 1. The lowest BCUT2D eigenvalue weighted by molar-refractivity contribution is -0.137. The summed E-state index contributed by atoms with van der Waals surface area (Å²) in [6.45, 7) is 4.63. The van der Waals surface area contributed by atoms with E-state index in [0.29, 0.717) is 6.54 Å². The summed E-state index contributed by atoms with van der Waals surface area (Å²) in [6, 6.07) is 7.25. The van der Waals surface area contributed by atoms with Gasteiger partial charge in [-0.25, -0.2) is 4.79 Å². The van der Waals surface area contributed by atoms with Gasteiger partial charge in [0.25, 0.3) is 0 Å². The predicted octanol–water partition coefficient (Wildman–Crippen LogP) is 1.86. The summed E-state index contributed by atoms with van der Waals surface area (Å²) in [5.74, 6) is -1.00. The van der Waals surface area contributed by atoms with E-state index in [4.69, 9.17) is 5.11 Å². The number of carboxylic acids is 1. The van der Waals surface area contributed by atoms with Crippen LogP contribution in [0.5, 0.6) is 0 Å². The molecule has 0 radical (unpaired) electrons. The lowest BCUT2D eigenvalue weighted by Crippen LogP contribution is -2.52. The molecular weight excluding hydrogens is 270 g/mol. The molecule has 1 aromatic rings. The number of benzene rings is 1. The summed E-state index contributed by atoms with van der Waals surface area (Å²) in [4.78, 5) is 28.8. The van der Waals surface area contributed by atoms with Crippen molar-refractivity contribution in [3.05, 3.63) is 24.3 Å². The monoisotopic (exact) mass is 291 g/mol. The second-order valence-electron chi connectivity index (χ2n) is 5.46. The Hall–Kier alpha value is -2.24. The van der Waals surface area contributed by atoms with Crippen molar-refractivity contribution in [2.75, 3.05) is 36.5 Å². The van der Waals surface area contributed by atoms with Crippen LogP contribution in [0.3, 0.4) is 0 Å². The third-order valence-electron chi connectivity index (χ3n) is 3.65. The van der Waals surface area contributed by atoms with E-state index in [1.165, 1.54) is 4.90 Å². The van der Waals surface area contributed by atoms with Gasteiger partial charge in [0.15, 0.2) is 0 Å². The van der Waals surface area contributed by atoms with E-state index in [-0.39, 0.29) is 18.6 Å². The van der Waals surface area contributed by atoms with Crippen LogP contribution in [0.4, 0.5) is 16.2 Å². The van der Waals surface area contributed by atoms with E-state index in [9.17, 15) is 9.59 Å². The minimum absolute atomic E-state index is 0.166. The number of fused-ring (bicyclic) bond motifs is 1. The fourth-order valence-corrected chi connectivity index (χ4v) is 2.48. The number of nitrogens with zero attached hydrogens (tertiary/aromatic N) is 3. The third-order valence-corrected chi connectivity index (χ3v) is 3.65. The van der Waals surface area contributed by atoms with Crippen LogP contribution in [-0.4, -0.2) is 54.7 Å². The molecule has 0 saturated heterocycles. The van der Waals surface area contributed by atoms with Crippen LogP contribution in [0.25, 0.3) is 0 Å². The first-order valence-corrected chi connectivity index (χ1v) is 7.02. The molecule has 1 aliphatic rings. The maximum absolute atomic E-state index is 12.7. The van der Waals surface area contributed by atoms with E-state index in [1.807, 2.05) is 45.2 Å². The Morgan fingerprint density at radius 2 is 1.86 bits per heavy atom. The van der Waals surface area contributed by atoms with Gasteiger partial charge in [0.05, 0.1) is 11.4 Å². The summed E-state index contributed by atoms with van der Waals surface area (Å²) in [6.07, 6.45) is 0. The van der Waals surface area contributed by atoms with Crippen molar-refractivity contribution in [1.29, 1.82) is 0 Å². The number of carboxylic acid groups (broad SMARTS) is 1.